The molecule has 1 aliphatic heterocycles. The van der Waals surface area contributed by atoms with E-state index in [2.05, 4.69) is 24.1 Å². The molecule has 2 nitrogen and oxygen atoms in total. The molecule has 1 heterocycles. The Hall–Kier alpha value is -0.0800. The van der Waals surface area contributed by atoms with Gasteiger partial charge in [-0.15, -0.1) is 0 Å². The fourth-order valence-corrected chi connectivity index (χ4v) is 3.60. The fraction of sp³-hybridized carbons (Fsp3) is 1.00. The Labute approximate surface area is 107 Å². The first-order valence-corrected chi connectivity index (χ1v) is 7.67. The number of nitrogens with zero attached hydrogens (tertiary/aromatic N) is 1. The summed E-state index contributed by atoms with van der Waals surface area (Å²) in [5, 5.41) is 3.60. The predicted molar refractivity (Wildman–Crippen MR) is 74.3 cm³/mol. The Morgan fingerprint density at radius 2 is 1.82 bits per heavy atom. The van der Waals surface area contributed by atoms with E-state index in [4.69, 9.17) is 0 Å². The van der Waals surface area contributed by atoms with Crippen LogP contribution in [0.2, 0.25) is 0 Å². The van der Waals surface area contributed by atoms with E-state index in [1.165, 1.54) is 64.7 Å². The van der Waals surface area contributed by atoms with E-state index in [0.29, 0.717) is 5.41 Å². The molecule has 17 heavy (non-hydrogen) atoms. The monoisotopic (exact) mass is 238 g/mol. The number of hydrogen-bond donors (Lipinski definition) is 1. The Bertz CT molecular complexity index is 213. The minimum Gasteiger partial charge on any atom is -0.316 e. The van der Waals surface area contributed by atoms with Gasteiger partial charge in [-0.25, -0.2) is 0 Å². The summed E-state index contributed by atoms with van der Waals surface area (Å²) in [6.45, 7) is 11.0. The van der Waals surface area contributed by atoms with Gasteiger partial charge in [0.05, 0.1) is 0 Å². The Morgan fingerprint density at radius 3 is 2.41 bits per heavy atom. The molecule has 1 N–H and O–H groups in total. The summed E-state index contributed by atoms with van der Waals surface area (Å²) in [5.74, 6) is 0.958. The van der Waals surface area contributed by atoms with Crippen LogP contribution in [-0.4, -0.2) is 37.6 Å². The van der Waals surface area contributed by atoms with Gasteiger partial charge in [-0.05, 0) is 56.7 Å². The van der Waals surface area contributed by atoms with Gasteiger partial charge < -0.3 is 10.2 Å². The smallest absolute Gasteiger partial charge is 0.00501 e. The second-order valence-electron chi connectivity index (χ2n) is 6.45. The molecule has 0 bridgehead atoms. The first-order chi connectivity index (χ1) is 8.24. The molecule has 2 aliphatic rings. The van der Waals surface area contributed by atoms with Crippen LogP contribution in [0.1, 0.15) is 52.4 Å². The predicted octanol–water partition coefficient (Wildman–Crippen LogP) is 2.89. The number of piperidine rings is 1. The minimum atomic E-state index is 0.608. The first-order valence-electron chi connectivity index (χ1n) is 7.67. The van der Waals surface area contributed by atoms with Crippen LogP contribution in [0.4, 0.5) is 0 Å². The lowest BCUT2D eigenvalue weighted by Crippen LogP contribution is -2.45. The van der Waals surface area contributed by atoms with Crippen molar-refractivity contribution >= 4 is 0 Å². The van der Waals surface area contributed by atoms with Crippen LogP contribution >= 0.6 is 0 Å². The summed E-state index contributed by atoms with van der Waals surface area (Å²) in [5.41, 5.74) is 0.608. The van der Waals surface area contributed by atoms with Crippen LogP contribution < -0.4 is 5.32 Å². The number of likely N-dealkylation sites (tertiary alicyclic amines) is 1. The van der Waals surface area contributed by atoms with E-state index >= 15 is 0 Å². The molecule has 2 fully saturated rings. The molecule has 2 rings (SSSR count). The lowest BCUT2D eigenvalue weighted by atomic mass is 9.84. The van der Waals surface area contributed by atoms with Gasteiger partial charge in [-0.3, -0.25) is 0 Å². The average molecular weight is 238 g/mol. The van der Waals surface area contributed by atoms with Crippen molar-refractivity contribution in [3.8, 4) is 0 Å². The molecule has 100 valence electrons. The Morgan fingerprint density at radius 1 is 1.18 bits per heavy atom. The van der Waals surface area contributed by atoms with Gasteiger partial charge in [0.2, 0.25) is 0 Å². The van der Waals surface area contributed by atoms with Crippen molar-refractivity contribution in [2.75, 3.05) is 32.7 Å². The van der Waals surface area contributed by atoms with Gasteiger partial charge in [-0.2, -0.15) is 0 Å². The largest absolute Gasteiger partial charge is 0.316 e. The molecular formula is C15H30N2. The maximum Gasteiger partial charge on any atom is 0.00501 e. The highest BCUT2D eigenvalue weighted by atomic mass is 15.1. The molecule has 0 aromatic rings. The number of rotatable bonds is 5. The van der Waals surface area contributed by atoms with Gasteiger partial charge in [-0.1, -0.05) is 26.7 Å². The van der Waals surface area contributed by atoms with Crippen LogP contribution in [0.5, 0.6) is 0 Å². The SMILES string of the molecule is CCNCC1(CN2CCC(C)CC2)CCCC1. The van der Waals surface area contributed by atoms with E-state index in [1.54, 1.807) is 0 Å². The van der Waals surface area contributed by atoms with Crippen molar-refractivity contribution in [2.24, 2.45) is 11.3 Å². The molecule has 2 heteroatoms. The number of nitrogens with one attached hydrogen (secondary N) is 1. The van der Waals surface area contributed by atoms with Crippen molar-refractivity contribution in [1.29, 1.82) is 0 Å². The second kappa shape index (κ2) is 6.19. The van der Waals surface area contributed by atoms with E-state index in [1.807, 2.05) is 0 Å². The second-order valence-corrected chi connectivity index (χ2v) is 6.45. The van der Waals surface area contributed by atoms with E-state index in [0.717, 1.165) is 12.5 Å². The van der Waals surface area contributed by atoms with Crippen molar-refractivity contribution < 1.29 is 0 Å². The quantitative estimate of drug-likeness (QED) is 0.792. The van der Waals surface area contributed by atoms with E-state index in [9.17, 15) is 0 Å². The Balaban J connectivity index is 1.84. The van der Waals surface area contributed by atoms with Crippen LogP contribution in [0, 0.1) is 11.3 Å². The van der Waals surface area contributed by atoms with Gasteiger partial charge in [0, 0.05) is 13.1 Å². The van der Waals surface area contributed by atoms with Crippen LogP contribution in [0.3, 0.4) is 0 Å². The maximum atomic E-state index is 3.60. The third kappa shape index (κ3) is 3.69. The summed E-state index contributed by atoms with van der Waals surface area (Å²) < 4.78 is 0. The normalized spacial score (nSPS) is 26.5. The first kappa shape index (κ1) is 13.4. The lowest BCUT2D eigenvalue weighted by molar-refractivity contribution is 0.114. The van der Waals surface area contributed by atoms with Gasteiger partial charge >= 0.3 is 0 Å². The molecule has 0 radical (unpaired) electrons. The molecule has 0 atom stereocenters. The molecular weight excluding hydrogens is 208 g/mol. The minimum absolute atomic E-state index is 0.608. The third-order valence-corrected chi connectivity index (χ3v) is 4.85. The molecule has 0 spiro atoms. The molecule has 0 unspecified atom stereocenters. The van der Waals surface area contributed by atoms with Crippen LogP contribution in [0.25, 0.3) is 0 Å². The van der Waals surface area contributed by atoms with Crippen LogP contribution in [-0.2, 0) is 0 Å². The summed E-state index contributed by atoms with van der Waals surface area (Å²) >= 11 is 0. The molecule has 1 saturated carbocycles. The highest BCUT2D eigenvalue weighted by Gasteiger charge is 2.35. The van der Waals surface area contributed by atoms with E-state index in [-0.39, 0.29) is 0 Å². The molecule has 0 amide bonds. The lowest BCUT2D eigenvalue weighted by Gasteiger charge is -2.38. The van der Waals surface area contributed by atoms with Crippen molar-refractivity contribution in [2.45, 2.75) is 52.4 Å². The summed E-state index contributed by atoms with van der Waals surface area (Å²) in [6, 6.07) is 0. The average Bonchev–Trinajstić information content (AvgIpc) is 2.79. The summed E-state index contributed by atoms with van der Waals surface area (Å²) in [7, 11) is 0. The van der Waals surface area contributed by atoms with Crippen molar-refractivity contribution in [3.63, 3.8) is 0 Å². The summed E-state index contributed by atoms with van der Waals surface area (Å²) in [6.07, 6.45) is 8.64. The zero-order chi connectivity index (χ0) is 12.1. The van der Waals surface area contributed by atoms with Gasteiger partial charge in [0.15, 0.2) is 0 Å². The zero-order valence-electron chi connectivity index (χ0n) is 11.8. The maximum absolute atomic E-state index is 3.60. The van der Waals surface area contributed by atoms with Gasteiger partial charge in [0.1, 0.15) is 0 Å². The summed E-state index contributed by atoms with van der Waals surface area (Å²) in [4.78, 5) is 2.74. The van der Waals surface area contributed by atoms with E-state index < -0.39 is 0 Å². The molecule has 1 aliphatic carbocycles. The standard InChI is InChI=1S/C15H30N2/c1-3-16-12-15(8-4-5-9-15)13-17-10-6-14(2)7-11-17/h14,16H,3-13H2,1-2H3. The molecule has 0 aromatic heterocycles. The molecule has 1 saturated heterocycles. The fourth-order valence-electron chi connectivity index (χ4n) is 3.60. The van der Waals surface area contributed by atoms with Crippen molar-refractivity contribution in [3.05, 3.63) is 0 Å². The Kier molecular flexibility index (Phi) is 4.87. The zero-order valence-corrected chi connectivity index (χ0v) is 11.8. The third-order valence-electron chi connectivity index (χ3n) is 4.85. The highest BCUT2D eigenvalue weighted by molar-refractivity contribution is 4.90. The van der Waals surface area contributed by atoms with Crippen LogP contribution in [0.15, 0.2) is 0 Å². The van der Waals surface area contributed by atoms with Crippen molar-refractivity contribution in [1.82, 2.24) is 10.2 Å². The topological polar surface area (TPSA) is 15.3 Å². The number of hydrogen-bond acceptors (Lipinski definition) is 2. The molecule has 0 aromatic carbocycles. The highest BCUT2D eigenvalue weighted by Crippen LogP contribution is 2.39. The van der Waals surface area contributed by atoms with Gasteiger partial charge in [0.25, 0.3) is 0 Å².